The van der Waals surface area contributed by atoms with Crippen molar-refractivity contribution >= 4 is 11.6 Å². The predicted octanol–water partition coefficient (Wildman–Crippen LogP) is 3.72. The molecule has 0 saturated heterocycles. The predicted molar refractivity (Wildman–Crippen MR) is 82.0 cm³/mol. The lowest BCUT2D eigenvalue weighted by Crippen LogP contribution is -2.28. The Morgan fingerprint density at radius 1 is 1.35 bits per heavy atom. The standard InChI is InChI=1S/C17H21NO2/c1-3-6-14-12-15(9-10-16(14)20-11-4-2)18-17(19)13-7-5-8-13/h3-4,9-10,12-13H,1-2,5-8,11H2,(H,18,19). The number of rotatable bonds is 7. The number of allylic oxidation sites excluding steroid dienone is 1. The third kappa shape index (κ3) is 3.50. The van der Waals surface area contributed by atoms with E-state index < -0.39 is 0 Å². The minimum Gasteiger partial charge on any atom is -0.489 e. The number of carbonyl (C=O) groups excluding carboxylic acids is 1. The molecule has 1 aliphatic carbocycles. The van der Waals surface area contributed by atoms with E-state index in [1.807, 2.05) is 24.3 Å². The highest BCUT2D eigenvalue weighted by Crippen LogP contribution is 2.29. The van der Waals surface area contributed by atoms with Crippen LogP contribution in [0.2, 0.25) is 0 Å². The molecule has 3 heteroatoms. The summed E-state index contributed by atoms with van der Waals surface area (Å²) in [6, 6.07) is 5.72. The summed E-state index contributed by atoms with van der Waals surface area (Å²) in [5.74, 6) is 1.13. The number of ether oxygens (including phenoxy) is 1. The number of anilines is 1. The normalized spacial score (nSPS) is 14.2. The summed E-state index contributed by atoms with van der Waals surface area (Å²) in [6.45, 7) is 7.87. The Balaban J connectivity index is 2.09. The Labute approximate surface area is 120 Å². The highest BCUT2D eigenvalue weighted by atomic mass is 16.5. The van der Waals surface area contributed by atoms with E-state index >= 15 is 0 Å². The van der Waals surface area contributed by atoms with Crippen LogP contribution in [0.4, 0.5) is 5.69 Å². The zero-order valence-electron chi connectivity index (χ0n) is 11.7. The van der Waals surface area contributed by atoms with Gasteiger partial charge in [0.05, 0.1) is 0 Å². The molecule has 1 aromatic carbocycles. The first-order valence-electron chi connectivity index (χ1n) is 7.03. The zero-order chi connectivity index (χ0) is 14.4. The van der Waals surface area contributed by atoms with E-state index in [1.165, 1.54) is 0 Å². The molecule has 0 heterocycles. The molecular formula is C17H21NO2. The first-order chi connectivity index (χ1) is 9.74. The third-order valence-electron chi connectivity index (χ3n) is 3.52. The van der Waals surface area contributed by atoms with Gasteiger partial charge in [0.1, 0.15) is 12.4 Å². The molecule has 20 heavy (non-hydrogen) atoms. The largest absolute Gasteiger partial charge is 0.489 e. The molecular weight excluding hydrogens is 250 g/mol. The van der Waals surface area contributed by atoms with Gasteiger partial charge in [-0.25, -0.2) is 0 Å². The van der Waals surface area contributed by atoms with Crippen LogP contribution in [-0.4, -0.2) is 12.5 Å². The van der Waals surface area contributed by atoms with Crippen LogP contribution < -0.4 is 10.1 Å². The highest BCUT2D eigenvalue weighted by Gasteiger charge is 2.25. The Morgan fingerprint density at radius 2 is 2.15 bits per heavy atom. The molecule has 0 unspecified atom stereocenters. The van der Waals surface area contributed by atoms with Crippen LogP contribution >= 0.6 is 0 Å². The molecule has 1 aromatic rings. The SMILES string of the molecule is C=CCOc1ccc(NC(=O)C2CCC2)cc1CC=C. The van der Waals surface area contributed by atoms with Crippen LogP contribution in [0, 0.1) is 5.92 Å². The second-order valence-corrected chi connectivity index (χ2v) is 5.03. The van der Waals surface area contributed by atoms with Gasteiger partial charge in [0.2, 0.25) is 5.91 Å². The fraction of sp³-hybridized carbons (Fsp3) is 0.353. The monoisotopic (exact) mass is 271 g/mol. The van der Waals surface area contributed by atoms with Gasteiger partial charge in [0, 0.05) is 11.6 Å². The van der Waals surface area contributed by atoms with Crippen LogP contribution in [0.3, 0.4) is 0 Å². The van der Waals surface area contributed by atoms with Crippen molar-refractivity contribution in [2.24, 2.45) is 5.92 Å². The number of amides is 1. The Bertz CT molecular complexity index is 504. The van der Waals surface area contributed by atoms with Gasteiger partial charge in [0.25, 0.3) is 0 Å². The van der Waals surface area contributed by atoms with E-state index in [0.29, 0.717) is 13.0 Å². The van der Waals surface area contributed by atoms with Crippen molar-refractivity contribution in [3.63, 3.8) is 0 Å². The van der Waals surface area contributed by atoms with E-state index in [1.54, 1.807) is 6.08 Å². The maximum absolute atomic E-state index is 11.9. The summed E-state index contributed by atoms with van der Waals surface area (Å²) in [5.41, 5.74) is 1.85. The minimum absolute atomic E-state index is 0.126. The van der Waals surface area contributed by atoms with Crippen molar-refractivity contribution in [3.8, 4) is 5.75 Å². The molecule has 1 N–H and O–H groups in total. The number of hydrogen-bond acceptors (Lipinski definition) is 2. The summed E-state index contributed by atoms with van der Waals surface area (Å²) in [6.07, 6.45) is 7.42. The maximum Gasteiger partial charge on any atom is 0.227 e. The molecule has 1 aliphatic rings. The molecule has 0 aromatic heterocycles. The van der Waals surface area contributed by atoms with Gasteiger partial charge < -0.3 is 10.1 Å². The second kappa shape index (κ2) is 6.94. The molecule has 0 spiro atoms. The van der Waals surface area contributed by atoms with E-state index in [2.05, 4.69) is 18.5 Å². The molecule has 1 amide bonds. The minimum atomic E-state index is 0.126. The zero-order valence-corrected chi connectivity index (χ0v) is 11.7. The molecule has 2 rings (SSSR count). The quantitative estimate of drug-likeness (QED) is 0.768. The molecule has 0 bridgehead atoms. The molecule has 1 saturated carbocycles. The van der Waals surface area contributed by atoms with Crippen LogP contribution in [0.25, 0.3) is 0 Å². The van der Waals surface area contributed by atoms with Crippen molar-refractivity contribution in [1.29, 1.82) is 0 Å². The second-order valence-electron chi connectivity index (χ2n) is 5.03. The summed E-state index contributed by atoms with van der Waals surface area (Å²) in [5, 5.41) is 2.98. The Morgan fingerprint density at radius 3 is 2.75 bits per heavy atom. The summed E-state index contributed by atoms with van der Waals surface area (Å²) in [7, 11) is 0. The van der Waals surface area contributed by atoms with Crippen molar-refractivity contribution in [2.45, 2.75) is 25.7 Å². The van der Waals surface area contributed by atoms with Crippen LogP contribution in [0.15, 0.2) is 43.5 Å². The van der Waals surface area contributed by atoms with Gasteiger partial charge in [0.15, 0.2) is 0 Å². The third-order valence-corrected chi connectivity index (χ3v) is 3.52. The average molecular weight is 271 g/mol. The van der Waals surface area contributed by atoms with Crippen LogP contribution in [0.5, 0.6) is 5.75 Å². The van der Waals surface area contributed by atoms with Gasteiger partial charge in [-0.3, -0.25) is 4.79 Å². The van der Waals surface area contributed by atoms with E-state index in [9.17, 15) is 4.79 Å². The number of hydrogen-bond donors (Lipinski definition) is 1. The Hall–Kier alpha value is -2.03. The first kappa shape index (κ1) is 14.4. The van der Waals surface area contributed by atoms with Crippen molar-refractivity contribution in [2.75, 3.05) is 11.9 Å². The molecule has 0 radical (unpaired) electrons. The number of benzene rings is 1. The van der Waals surface area contributed by atoms with Crippen molar-refractivity contribution in [1.82, 2.24) is 0 Å². The average Bonchev–Trinajstić information content (AvgIpc) is 2.36. The first-order valence-corrected chi connectivity index (χ1v) is 7.03. The van der Waals surface area contributed by atoms with Crippen molar-refractivity contribution < 1.29 is 9.53 Å². The topological polar surface area (TPSA) is 38.3 Å². The summed E-state index contributed by atoms with van der Waals surface area (Å²) in [4.78, 5) is 11.9. The highest BCUT2D eigenvalue weighted by molar-refractivity contribution is 5.93. The summed E-state index contributed by atoms with van der Waals surface area (Å²) >= 11 is 0. The van der Waals surface area contributed by atoms with Gasteiger partial charge in [-0.1, -0.05) is 25.2 Å². The fourth-order valence-electron chi connectivity index (χ4n) is 2.18. The molecule has 1 fully saturated rings. The van der Waals surface area contributed by atoms with Gasteiger partial charge in [-0.2, -0.15) is 0 Å². The summed E-state index contributed by atoms with van der Waals surface area (Å²) < 4.78 is 5.60. The fourth-order valence-corrected chi connectivity index (χ4v) is 2.18. The lowest BCUT2D eigenvalue weighted by Gasteiger charge is -2.24. The number of carbonyl (C=O) groups is 1. The van der Waals surface area contributed by atoms with Gasteiger partial charge in [-0.15, -0.1) is 6.58 Å². The van der Waals surface area contributed by atoms with Gasteiger partial charge >= 0.3 is 0 Å². The lowest BCUT2D eigenvalue weighted by molar-refractivity contribution is -0.122. The van der Waals surface area contributed by atoms with E-state index in [4.69, 9.17) is 4.74 Å². The molecule has 3 nitrogen and oxygen atoms in total. The Kier molecular flexibility index (Phi) is 4.99. The van der Waals surface area contributed by atoms with E-state index in [-0.39, 0.29) is 11.8 Å². The van der Waals surface area contributed by atoms with E-state index in [0.717, 1.165) is 36.3 Å². The van der Waals surface area contributed by atoms with Crippen molar-refractivity contribution in [3.05, 3.63) is 49.1 Å². The van der Waals surface area contributed by atoms with Crippen LogP contribution in [0.1, 0.15) is 24.8 Å². The lowest BCUT2D eigenvalue weighted by atomic mass is 9.85. The van der Waals surface area contributed by atoms with Crippen LogP contribution in [-0.2, 0) is 11.2 Å². The maximum atomic E-state index is 11.9. The molecule has 106 valence electrons. The van der Waals surface area contributed by atoms with Gasteiger partial charge in [-0.05, 0) is 43.0 Å². The molecule has 0 atom stereocenters. The molecule has 0 aliphatic heterocycles. The smallest absolute Gasteiger partial charge is 0.227 e. The number of nitrogens with one attached hydrogen (secondary N) is 1.